The molecule has 0 unspecified atom stereocenters. The van der Waals surface area contributed by atoms with Crippen LogP contribution in [0.2, 0.25) is 0 Å². The number of carbonyl (C=O) groups excluding carboxylic acids is 2. The summed E-state index contributed by atoms with van der Waals surface area (Å²) in [4.78, 5) is 33.6. The molecule has 1 aliphatic rings. The minimum atomic E-state index is -1.44. The summed E-state index contributed by atoms with van der Waals surface area (Å²) in [5, 5.41) is 13.1. The lowest BCUT2D eigenvalue weighted by molar-refractivity contribution is -0.385. The fourth-order valence-electron chi connectivity index (χ4n) is 1.67. The van der Waals surface area contributed by atoms with Gasteiger partial charge in [0.15, 0.2) is 11.6 Å². The highest BCUT2D eigenvalue weighted by atomic mass is 19.2. The van der Waals surface area contributed by atoms with Crippen LogP contribution >= 0.6 is 0 Å². The summed E-state index contributed by atoms with van der Waals surface area (Å²) < 4.78 is 26.1. The van der Waals surface area contributed by atoms with Crippen molar-refractivity contribution in [2.24, 2.45) is 0 Å². The smallest absolute Gasteiger partial charge is 0.324 e. The first kappa shape index (κ1) is 12.9. The molecule has 0 saturated carbocycles. The van der Waals surface area contributed by atoms with Gasteiger partial charge in [-0.3, -0.25) is 19.8 Å². The van der Waals surface area contributed by atoms with Crippen molar-refractivity contribution < 1.29 is 23.3 Å². The second kappa shape index (κ2) is 4.59. The summed E-state index contributed by atoms with van der Waals surface area (Å²) in [5.74, 6) is -3.87. The van der Waals surface area contributed by atoms with Gasteiger partial charge in [-0.1, -0.05) is 0 Å². The predicted octanol–water partition coefficient (Wildman–Crippen LogP) is 1.04. The number of rotatable bonds is 2. The maximum absolute atomic E-state index is 13.1. The van der Waals surface area contributed by atoms with E-state index in [4.69, 9.17) is 0 Å². The van der Waals surface area contributed by atoms with Crippen LogP contribution in [0.5, 0.6) is 0 Å². The number of nitro groups is 1. The van der Waals surface area contributed by atoms with Crippen LogP contribution in [-0.4, -0.2) is 34.9 Å². The quantitative estimate of drug-likeness (QED) is 0.642. The molecule has 19 heavy (non-hydrogen) atoms. The lowest BCUT2D eigenvalue weighted by Gasteiger charge is -2.12. The van der Waals surface area contributed by atoms with Crippen LogP contribution in [0.25, 0.3) is 0 Å². The zero-order valence-electron chi connectivity index (χ0n) is 9.35. The molecule has 0 aromatic heterocycles. The Balaban J connectivity index is 2.49. The SMILES string of the molecule is O=C1NCCN1C(=O)c1cc(F)c(F)cc1[N+](=O)[O-]. The Labute approximate surface area is 105 Å². The van der Waals surface area contributed by atoms with Crippen molar-refractivity contribution in [2.75, 3.05) is 13.1 Å². The number of hydrogen-bond donors (Lipinski definition) is 1. The molecule has 1 aliphatic heterocycles. The summed E-state index contributed by atoms with van der Waals surface area (Å²) in [6.07, 6.45) is 0. The summed E-state index contributed by atoms with van der Waals surface area (Å²) in [7, 11) is 0. The Kier molecular flexibility index (Phi) is 3.11. The average Bonchev–Trinajstić information content (AvgIpc) is 2.77. The summed E-state index contributed by atoms with van der Waals surface area (Å²) in [6.45, 7) is 0.204. The molecule has 0 radical (unpaired) electrons. The molecule has 100 valence electrons. The topological polar surface area (TPSA) is 92.6 Å². The van der Waals surface area contributed by atoms with Crippen molar-refractivity contribution in [3.8, 4) is 0 Å². The van der Waals surface area contributed by atoms with Gasteiger partial charge in [0, 0.05) is 13.1 Å². The van der Waals surface area contributed by atoms with Crippen molar-refractivity contribution in [3.05, 3.63) is 39.4 Å². The summed E-state index contributed by atoms with van der Waals surface area (Å²) in [6, 6.07) is 0.00169. The molecule has 1 aromatic rings. The van der Waals surface area contributed by atoms with Gasteiger partial charge in [0.1, 0.15) is 5.56 Å². The van der Waals surface area contributed by atoms with Gasteiger partial charge >= 0.3 is 6.03 Å². The van der Waals surface area contributed by atoms with E-state index in [9.17, 15) is 28.5 Å². The molecule has 2 rings (SSSR count). The number of amides is 3. The minimum Gasteiger partial charge on any atom is -0.336 e. The second-order valence-corrected chi connectivity index (χ2v) is 3.73. The van der Waals surface area contributed by atoms with Gasteiger partial charge in [-0.2, -0.15) is 0 Å². The molecule has 0 spiro atoms. The van der Waals surface area contributed by atoms with E-state index in [1.165, 1.54) is 0 Å². The van der Waals surface area contributed by atoms with Gasteiger partial charge in [0.2, 0.25) is 0 Å². The highest BCUT2D eigenvalue weighted by Crippen LogP contribution is 2.24. The number of imide groups is 1. The maximum atomic E-state index is 13.1. The van der Waals surface area contributed by atoms with Crippen LogP contribution in [0, 0.1) is 21.7 Å². The number of hydrogen-bond acceptors (Lipinski definition) is 4. The van der Waals surface area contributed by atoms with Crippen molar-refractivity contribution in [3.63, 3.8) is 0 Å². The monoisotopic (exact) mass is 271 g/mol. The standard InChI is InChI=1S/C10H7F2N3O4/c11-6-3-5(8(15(18)19)4-7(6)12)9(16)14-2-1-13-10(14)17/h3-4H,1-2H2,(H,13,17). The lowest BCUT2D eigenvalue weighted by Crippen LogP contribution is -2.34. The van der Waals surface area contributed by atoms with E-state index < -0.39 is 39.7 Å². The van der Waals surface area contributed by atoms with E-state index in [1.807, 2.05) is 0 Å². The number of benzene rings is 1. The van der Waals surface area contributed by atoms with E-state index in [0.717, 1.165) is 0 Å². The average molecular weight is 271 g/mol. The maximum Gasteiger partial charge on any atom is 0.324 e. The van der Waals surface area contributed by atoms with E-state index in [2.05, 4.69) is 5.32 Å². The van der Waals surface area contributed by atoms with Gasteiger partial charge in [-0.25, -0.2) is 13.6 Å². The zero-order chi connectivity index (χ0) is 14.2. The van der Waals surface area contributed by atoms with Crippen LogP contribution in [0.3, 0.4) is 0 Å². The van der Waals surface area contributed by atoms with Crippen LogP contribution < -0.4 is 5.32 Å². The van der Waals surface area contributed by atoms with Gasteiger partial charge in [-0.15, -0.1) is 0 Å². The Morgan fingerprint density at radius 1 is 1.37 bits per heavy atom. The van der Waals surface area contributed by atoms with E-state index in [0.29, 0.717) is 17.0 Å². The van der Waals surface area contributed by atoms with Gasteiger partial charge in [0.05, 0.1) is 11.0 Å². The van der Waals surface area contributed by atoms with Crippen LogP contribution in [0.15, 0.2) is 12.1 Å². The Bertz CT molecular complexity index is 590. The third-order valence-electron chi connectivity index (χ3n) is 2.57. The van der Waals surface area contributed by atoms with Gasteiger partial charge in [-0.05, 0) is 6.07 Å². The van der Waals surface area contributed by atoms with Gasteiger partial charge < -0.3 is 5.32 Å². The normalized spacial score (nSPS) is 14.4. The van der Waals surface area contributed by atoms with Crippen LogP contribution in [0.4, 0.5) is 19.3 Å². The summed E-state index contributed by atoms with van der Waals surface area (Å²) >= 11 is 0. The highest BCUT2D eigenvalue weighted by Gasteiger charge is 2.32. The van der Waals surface area contributed by atoms with Crippen molar-refractivity contribution >= 4 is 17.6 Å². The largest absolute Gasteiger partial charge is 0.336 e. The Morgan fingerprint density at radius 2 is 2.00 bits per heavy atom. The Morgan fingerprint density at radius 3 is 2.53 bits per heavy atom. The van der Waals surface area contributed by atoms with E-state index in [-0.39, 0.29) is 13.1 Å². The van der Waals surface area contributed by atoms with Crippen molar-refractivity contribution in [1.82, 2.24) is 10.2 Å². The fourth-order valence-corrected chi connectivity index (χ4v) is 1.67. The molecule has 3 amide bonds. The Hall–Kier alpha value is -2.58. The molecule has 1 aromatic carbocycles. The number of nitrogens with one attached hydrogen (secondary N) is 1. The first-order chi connectivity index (χ1) is 8.91. The highest BCUT2D eigenvalue weighted by molar-refractivity contribution is 6.07. The minimum absolute atomic E-state index is 0.00775. The first-order valence-corrected chi connectivity index (χ1v) is 5.15. The molecule has 1 saturated heterocycles. The molecule has 1 heterocycles. The number of carbonyl (C=O) groups is 2. The van der Waals surface area contributed by atoms with Crippen LogP contribution in [0.1, 0.15) is 10.4 Å². The van der Waals surface area contributed by atoms with E-state index in [1.54, 1.807) is 0 Å². The third kappa shape index (κ3) is 2.21. The molecule has 1 fully saturated rings. The molecule has 0 atom stereocenters. The zero-order valence-corrected chi connectivity index (χ0v) is 9.35. The van der Waals surface area contributed by atoms with Crippen molar-refractivity contribution in [2.45, 2.75) is 0 Å². The first-order valence-electron chi connectivity index (χ1n) is 5.15. The number of halogens is 2. The molecule has 1 N–H and O–H groups in total. The number of nitrogens with zero attached hydrogens (tertiary/aromatic N) is 2. The number of urea groups is 1. The molecule has 7 nitrogen and oxygen atoms in total. The molecular formula is C10H7F2N3O4. The van der Waals surface area contributed by atoms with Gasteiger partial charge in [0.25, 0.3) is 11.6 Å². The molecule has 0 aliphatic carbocycles. The van der Waals surface area contributed by atoms with Crippen molar-refractivity contribution in [1.29, 1.82) is 0 Å². The van der Waals surface area contributed by atoms with E-state index >= 15 is 0 Å². The second-order valence-electron chi connectivity index (χ2n) is 3.73. The lowest BCUT2D eigenvalue weighted by atomic mass is 10.1. The molecular weight excluding hydrogens is 264 g/mol. The fraction of sp³-hybridized carbons (Fsp3) is 0.200. The third-order valence-corrected chi connectivity index (χ3v) is 2.57. The number of nitro benzene ring substituents is 1. The van der Waals surface area contributed by atoms with Crippen LogP contribution in [-0.2, 0) is 0 Å². The predicted molar refractivity (Wildman–Crippen MR) is 57.4 cm³/mol. The molecule has 0 bridgehead atoms. The summed E-state index contributed by atoms with van der Waals surface area (Å²) in [5.41, 5.74) is -1.55. The molecule has 9 heteroatoms.